The van der Waals surface area contributed by atoms with E-state index in [1.807, 2.05) is 35.1 Å². The highest BCUT2D eigenvalue weighted by molar-refractivity contribution is 7.85. The number of aryl methyl sites for hydroxylation is 1. The molecule has 4 bridgehead atoms. The summed E-state index contributed by atoms with van der Waals surface area (Å²) in [5.74, 6) is -14.9. The lowest BCUT2D eigenvalue weighted by atomic mass is 9.93. The number of fused-ring (bicyclic) bond motifs is 7. The Hall–Kier alpha value is -12.4. The van der Waals surface area contributed by atoms with E-state index in [0.717, 1.165) is 32.3 Å². The van der Waals surface area contributed by atoms with Gasteiger partial charge in [0.1, 0.15) is 65.7 Å². The van der Waals surface area contributed by atoms with Gasteiger partial charge in [-0.2, -0.15) is 0 Å². The van der Waals surface area contributed by atoms with E-state index < -0.39 is 224 Å². The summed E-state index contributed by atoms with van der Waals surface area (Å²) in [6.07, 6.45) is 7.47. The number of urea groups is 1. The number of primary amides is 2. The molecule has 3 aliphatic heterocycles. The molecule has 1 unspecified atom stereocenters. The number of likely N-dealkylation sites (N-methyl/N-ethyl adjacent to an activating group) is 2. The average Bonchev–Trinajstić information content (AvgIpc) is 1.63. The Morgan fingerprint density at radius 2 is 1.48 bits per heavy atom. The summed E-state index contributed by atoms with van der Waals surface area (Å²) in [5, 5.41) is 68.7. The number of nitrogens with zero attached hydrogens (tertiary/aromatic N) is 6. The number of carbonyl (C=O) groups excluding carboxylic acids is 15. The molecule has 19 N–H and O–H groups in total. The zero-order valence-electron chi connectivity index (χ0n) is 68.1. The van der Waals surface area contributed by atoms with Crippen LogP contribution in [-0.2, 0) is 105 Å². The first-order valence-corrected chi connectivity index (χ1v) is 41.0. The van der Waals surface area contributed by atoms with Gasteiger partial charge < -0.3 is 114 Å². The standard InChI is InChI=1S/C79H106N20O21S/c1-8-42(4)66-72(111)84-35-63(105)86-57-40-121(118)75-51(33-55(68(107)83-36-64(106)92-66)88-74(113)67(43(5)60(102)38-100)93-71(110)59-31-48(101)37-98(59)76(114)56(34-61(80)103)89-70(57)109)50-23-22-49(32-53(50)90-75)120-79(117)97(7)27-26-96(6)78(116)119-39-44-18-20-47(21-19-44)85-69(108)52(16-12-24-82-77(81)115)87-73(112)65(41(2)3)91-62(104)17-13-25-99-58-30-46-15-11-9-10-14-45(28-46)29-54(58)94-95-99/h9-11,14-15,18-23,28,32,41-43,48,52,55-57,59-60,65-67,90,100-102H,8,12-13,16-17,24-27,29-31,33-40H2,1-7H3,(H2,80,103)(H,83,107)(H,84,111)(H,85,108)(H,86,105)(H,87,112)(H,88,113)(H,89,109)(H,91,104)(H,92,106)(H,93,110)(H3,81,82,115)/b10-9?,11-9-,14-10-,15-11?,45-14?,46-15+/t42-,43-,48+,52-,55+,56-,57-,59-,60-,65-,66-,67-,121?/m0/s1. The van der Waals surface area contributed by atoms with Gasteiger partial charge in [-0.3, -0.25) is 61.7 Å². The number of ether oxygens (including phenoxy) is 2. The Morgan fingerprint density at radius 3 is 2.17 bits per heavy atom. The minimum Gasteiger partial charge on any atom is -0.445 e. The van der Waals surface area contributed by atoms with E-state index in [-0.39, 0.29) is 78.7 Å². The molecule has 654 valence electrons. The zero-order valence-corrected chi connectivity index (χ0v) is 68.9. The summed E-state index contributed by atoms with van der Waals surface area (Å²) in [6.45, 7) is 4.90. The third kappa shape index (κ3) is 25.6. The average molecular weight is 1700 g/mol. The predicted molar refractivity (Wildman–Crippen MR) is 434 cm³/mol. The van der Waals surface area contributed by atoms with E-state index in [1.165, 1.54) is 44.1 Å². The molecule has 16 amide bonds. The number of aromatic nitrogens is 4. The second-order valence-corrected chi connectivity index (χ2v) is 32.2. The van der Waals surface area contributed by atoms with Crippen LogP contribution >= 0.6 is 0 Å². The van der Waals surface area contributed by atoms with Crippen LogP contribution in [0.5, 0.6) is 5.75 Å². The van der Waals surface area contributed by atoms with Crippen molar-refractivity contribution in [3.8, 4) is 5.75 Å². The minimum absolute atomic E-state index is 0.0388. The SMILES string of the molecule is CC[C@H](C)[C@@H]1NC(=O)CNC(=O)[C@H]2Cc3c([nH]c4cc(OC(=O)N(C)CCN(C)C(=O)OCc5ccc(NC(=O)[C@H](CCCNC(N)=O)NC(=O)[C@@H](NC(=O)CCCn6nnc7c6C/C6=C/C=C\C=C/C(=C6)C7)C(C)C)cc5)ccc34)S(=O)C[C@H](NC(=O)CNC1=O)C(=O)N[C@@H](CC(N)=O)C(=O)N1C[C@H](O)C[C@H]1C(=O)N[C@@H]([C@@H](C)[C@@H](O)CO)C(=O)N2. The molecule has 13 atom stereocenters. The van der Waals surface area contributed by atoms with E-state index in [0.29, 0.717) is 43.5 Å². The first-order valence-electron chi connectivity index (χ1n) is 39.7. The van der Waals surface area contributed by atoms with Crippen LogP contribution in [0.15, 0.2) is 95.1 Å². The number of allylic oxidation sites excluding steroid dienone is 8. The molecule has 1 saturated heterocycles. The highest BCUT2D eigenvalue weighted by atomic mass is 32.2. The molecular formula is C79H106N20O21S. The maximum absolute atomic E-state index is 15.3. The predicted octanol–water partition coefficient (Wildman–Crippen LogP) is -2.76. The number of H-pyrrole nitrogens is 1. The third-order valence-electron chi connectivity index (χ3n) is 21.2. The number of aliphatic hydroxyl groups excluding tert-OH is 3. The van der Waals surface area contributed by atoms with Crippen molar-refractivity contribution in [2.75, 3.05) is 71.0 Å². The molecule has 4 aromatic rings. The van der Waals surface area contributed by atoms with Crippen molar-refractivity contribution < 1.29 is 101 Å². The van der Waals surface area contributed by atoms with Gasteiger partial charge in [0.15, 0.2) is 0 Å². The van der Waals surface area contributed by atoms with Gasteiger partial charge in [0.25, 0.3) is 0 Å². The molecule has 5 heterocycles. The molecule has 2 aliphatic carbocycles. The molecule has 9 rings (SSSR count). The van der Waals surface area contributed by atoms with Gasteiger partial charge >= 0.3 is 18.2 Å². The fourth-order valence-corrected chi connectivity index (χ4v) is 15.4. The van der Waals surface area contributed by atoms with Crippen molar-refractivity contribution in [2.24, 2.45) is 29.2 Å². The number of anilines is 1. The summed E-state index contributed by atoms with van der Waals surface area (Å²) < 4.78 is 28.4. The van der Waals surface area contributed by atoms with Crippen LogP contribution in [0, 0.1) is 17.8 Å². The zero-order chi connectivity index (χ0) is 88.1. The smallest absolute Gasteiger partial charge is 0.415 e. The van der Waals surface area contributed by atoms with Crippen LogP contribution < -0.4 is 74.7 Å². The van der Waals surface area contributed by atoms with Crippen molar-refractivity contribution in [3.05, 3.63) is 113 Å². The Balaban J connectivity index is 0.867. The number of amides is 16. The van der Waals surface area contributed by atoms with Gasteiger partial charge in [0, 0.05) is 102 Å². The van der Waals surface area contributed by atoms with Crippen molar-refractivity contribution in [1.29, 1.82) is 0 Å². The van der Waals surface area contributed by atoms with Gasteiger partial charge in [-0.25, -0.2) is 19.1 Å². The number of hydrogen-bond donors (Lipinski definition) is 17. The molecule has 0 saturated carbocycles. The largest absolute Gasteiger partial charge is 0.445 e. The fraction of sp³-hybridized carbons (Fsp3) is 0.506. The van der Waals surface area contributed by atoms with Crippen LogP contribution in [0.1, 0.15) is 102 Å². The van der Waals surface area contributed by atoms with Crippen molar-refractivity contribution in [2.45, 2.75) is 178 Å². The van der Waals surface area contributed by atoms with Crippen molar-refractivity contribution in [1.82, 2.24) is 87.8 Å². The monoisotopic (exact) mass is 1700 g/mol. The molecule has 0 spiro atoms. The molecule has 5 aliphatic rings. The maximum Gasteiger partial charge on any atom is 0.415 e. The highest BCUT2D eigenvalue weighted by Gasteiger charge is 2.46. The molecule has 0 radical (unpaired) electrons. The Bertz CT molecular complexity index is 4710. The molecule has 2 aromatic heterocycles. The normalized spacial score (nSPS) is 22.8. The quantitative estimate of drug-likeness (QED) is 0.0269. The van der Waals surface area contributed by atoms with Crippen molar-refractivity contribution in [3.63, 3.8) is 0 Å². The van der Waals surface area contributed by atoms with E-state index in [9.17, 15) is 87.2 Å². The number of benzene rings is 2. The van der Waals surface area contributed by atoms with Crippen LogP contribution in [-0.4, -0.2) is 270 Å². The van der Waals surface area contributed by atoms with Crippen LogP contribution in [0.4, 0.5) is 20.1 Å². The Morgan fingerprint density at radius 1 is 0.769 bits per heavy atom. The Kier molecular flexibility index (Phi) is 32.8. The molecule has 2 aromatic carbocycles. The third-order valence-corrected chi connectivity index (χ3v) is 22.7. The number of nitrogens with two attached hydrogens (primary N) is 2. The maximum atomic E-state index is 15.3. The second kappa shape index (κ2) is 43.0. The van der Waals surface area contributed by atoms with E-state index >= 15 is 4.21 Å². The Labute approximate surface area is 698 Å². The number of rotatable bonds is 27. The van der Waals surface area contributed by atoms with Gasteiger partial charge in [-0.05, 0) is 77.6 Å². The molecule has 42 heteroatoms. The van der Waals surface area contributed by atoms with Crippen LogP contribution in [0.2, 0.25) is 0 Å². The summed E-state index contributed by atoms with van der Waals surface area (Å²) >= 11 is 0. The number of nitrogens with one attached hydrogen (secondary N) is 12. The van der Waals surface area contributed by atoms with Gasteiger partial charge in [0.2, 0.25) is 70.9 Å². The number of hydrogen-bond acceptors (Lipinski definition) is 23. The first-order chi connectivity index (χ1) is 57.6. The number of aromatic amines is 1. The molecular weight excluding hydrogens is 1600 g/mol. The second-order valence-electron chi connectivity index (χ2n) is 30.7. The van der Waals surface area contributed by atoms with Gasteiger partial charge in [-0.15, -0.1) is 5.10 Å². The van der Waals surface area contributed by atoms with Crippen molar-refractivity contribution >= 4 is 116 Å². The van der Waals surface area contributed by atoms with Gasteiger partial charge in [-0.1, -0.05) is 94.8 Å². The van der Waals surface area contributed by atoms with E-state index in [4.69, 9.17) is 20.9 Å². The first kappa shape index (κ1) is 92.4. The molecule has 1 fully saturated rings. The van der Waals surface area contributed by atoms with Gasteiger partial charge in [0.05, 0.1) is 71.8 Å². The summed E-state index contributed by atoms with van der Waals surface area (Å²) in [7, 11) is 0.213. The topological polar surface area (TPSA) is 593 Å². The minimum atomic E-state index is -2.57. The van der Waals surface area contributed by atoms with E-state index in [2.05, 4.69) is 79.9 Å². The van der Waals surface area contributed by atoms with Crippen LogP contribution in [0.25, 0.3) is 10.9 Å². The summed E-state index contributed by atoms with van der Waals surface area (Å²) in [6, 6.07) is -3.30. The summed E-state index contributed by atoms with van der Waals surface area (Å²) in [5.41, 5.74) is 15.7. The van der Waals surface area contributed by atoms with Crippen LogP contribution in [0.3, 0.4) is 0 Å². The lowest BCUT2D eigenvalue weighted by Gasteiger charge is -2.32. The molecule has 41 nitrogen and oxygen atoms in total. The van der Waals surface area contributed by atoms with E-state index in [1.54, 1.807) is 52.0 Å². The molecule has 121 heavy (non-hydrogen) atoms. The number of carbonyl (C=O) groups is 15. The fourth-order valence-electron chi connectivity index (χ4n) is 14.0. The lowest BCUT2D eigenvalue weighted by Crippen LogP contribution is -2.62. The summed E-state index contributed by atoms with van der Waals surface area (Å²) in [4.78, 5) is 214. The lowest BCUT2D eigenvalue weighted by molar-refractivity contribution is -0.144. The number of aliphatic hydroxyl groups is 3. The highest BCUT2D eigenvalue weighted by Crippen LogP contribution is 2.32.